The number of aliphatic imine (C=N–C) groups is 1. The number of para-hydroxylation sites is 1. The number of primary amides is 1. The van der Waals surface area contributed by atoms with Gasteiger partial charge in [-0.1, -0.05) is 68.3 Å². The van der Waals surface area contributed by atoms with Crippen LogP contribution in [0.15, 0.2) is 78.3 Å². The van der Waals surface area contributed by atoms with Gasteiger partial charge in [0.05, 0.1) is 12.4 Å². The summed E-state index contributed by atoms with van der Waals surface area (Å²) >= 11 is 0. The van der Waals surface area contributed by atoms with Crippen molar-refractivity contribution in [3.05, 3.63) is 90.1 Å². The zero-order valence-electron chi connectivity index (χ0n) is 41.1. The number of imidazole rings is 1. The molecule has 24 nitrogen and oxygen atoms in total. The predicted molar refractivity (Wildman–Crippen MR) is 270 cm³/mol. The predicted octanol–water partition coefficient (Wildman–Crippen LogP) is -1.85. The average molecular weight is 1010 g/mol. The number of aliphatic hydroxyl groups is 1. The number of benzene rings is 2. The fraction of sp³-hybridized carbons (Fsp3) is 0.469. The van der Waals surface area contributed by atoms with Gasteiger partial charge in [0, 0.05) is 67.8 Å². The van der Waals surface area contributed by atoms with Crippen molar-refractivity contribution >= 4 is 64.1 Å². The molecule has 1 fully saturated rings. The summed E-state index contributed by atoms with van der Waals surface area (Å²) in [5.74, 6) is -6.43. The van der Waals surface area contributed by atoms with Crippen molar-refractivity contribution in [2.75, 3.05) is 13.1 Å². The van der Waals surface area contributed by atoms with E-state index in [-0.39, 0.29) is 70.4 Å². The maximum atomic E-state index is 14.6. The Morgan fingerprint density at radius 2 is 1.51 bits per heavy atom. The van der Waals surface area contributed by atoms with Crippen LogP contribution in [0.4, 0.5) is 0 Å². The highest BCUT2D eigenvalue weighted by molar-refractivity contribution is 5.98. The molecule has 8 unspecified atom stereocenters. The number of rotatable bonds is 20. The molecule has 1 aliphatic rings. The highest BCUT2D eigenvalue weighted by Gasteiger charge is 2.35. The number of carbonyl (C=O) groups is 8. The number of aliphatic hydroxyl groups excluding tert-OH is 1. The molecule has 0 bridgehead atoms. The minimum Gasteiger partial charge on any atom is -0.379 e. The van der Waals surface area contributed by atoms with Crippen molar-refractivity contribution in [3.63, 3.8) is 0 Å². The van der Waals surface area contributed by atoms with Gasteiger partial charge in [-0.2, -0.15) is 0 Å². The Hall–Kier alpha value is -7.86. The Labute approximate surface area is 422 Å². The van der Waals surface area contributed by atoms with Gasteiger partial charge in [0.1, 0.15) is 42.5 Å². The van der Waals surface area contributed by atoms with Crippen LogP contribution < -0.4 is 59.7 Å². The molecule has 2 aromatic carbocycles. The summed E-state index contributed by atoms with van der Waals surface area (Å²) in [6.45, 7) is 3.22. The molecule has 17 N–H and O–H groups in total. The maximum Gasteiger partial charge on any atom is 0.243 e. The zero-order valence-corrected chi connectivity index (χ0v) is 41.1. The monoisotopic (exact) mass is 1010 g/mol. The first kappa shape index (κ1) is 56.1. The second-order valence-electron chi connectivity index (χ2n) is 18.0. The summed E-state index contributed by atoms with van der Waals surface area (Å²) < 4.78 is 0. The molecule has 0 saturated carbocycles. The number of fused-ring (bicyclic) bond motifs is 1. The number of amides is 8. The number of nitrogens with one attached hydrogen (secondary N) is 10. The molecule has 1 aliphatic heterocycles. The lowest BCUT2D eigenvalue weighted by Crippen LogP contribution is -2.60. The summed E-state index contributed by atoms with van der Waals surface area (Å²) in [6.07, 6.45) is 4.10. The molecule has 0 spiro atoms. The number of hydrogen-bond donors (Lipinski definition) is 14. The van der Waals surface area contributed by atoms with Gasteiger partial charge in [-0.25, -0.2) is 4.98 Å². The minimum atomic E-state index is -1.43. The topological polar surface area (TPSA) is 388 Å². The zero-order chi connectivity index (χ0) is 52.9. The number of H-pyrrole nitrogens is 2. The summed E-state index contributed by atoms with van der Waals surface area (Å²) in [4.78, 5) is 126. The Bertz CT molecular complexity index is 2510. The second-order valence-corrected chi connectivity index (χ2v) is 18.0. The van der Waals surface area contributed by atoms with Gasteiger partial charge in [0.2, 0.25) is 47.3 Å². The third-order valence-corrected chi connectivity index (χ3v) is 12.2. The smallest absolute Gasteiger partial charge is 0.243 e. The molecule has 8 amide bonds. The number of aromatic amines is 2. The summed E-state index contributed by atoms with van der Waals surface area (Å²) in [5.41, 5.74) is 19.5. The third-order valence-electron chi connectivity index (χ3n) is 12.2. The normalized spacial score (nSPS) is 20.8. The first-order valence-corrected chi connectivity index (χ1v) is 24.4. The molecule has 24 heteroatoms. The highest BCUT2D eigenvalue weighted by atomic mass is 16.3. The van der Waals surface area contributed by atoms with Gasteiger partial charge in [-0.15, -0.1) is 0 Å². The summed E-state index contributed by atoms with van der Waals surface area (Å²) in [5, 5.41) is 32.7. The van der Waals surface area contributed by atoms with Gasteiger partial charge in [0.25, 0.3) is 0 Å². The lowest BCUT2D eigenvalue weighted by Gasteiger charge is -2.28. The van der Waals surface area contributed by atoms with Crippen LogP contribution in [0.3, 0.4) is 0 Å². The molecule has 73 heavy (non-hydrogen) atoms. The number of hydrogen-bond acceptors (Lipinski definition) is 12. The molecular formula is C49H69N15O9. The number of aromatic nitrogens is 3. The maximum absolute atomic E-state index is 14.6. The van der Waals surface area contributed by atoms with E-state index in [1.165, 1.54) is 19.4 Å². The average Bonchev–Trinajstić information content (AvgIpc) is 4.03. The summed E-state index contributed by atoms with van der Waals surface area (Å²) in [6, 6.07) is 6.95. The van der Waals surface area contributed by atoms with Crippen LogP contribution in [0, 0.1) is 0 Å². The van der Waals surface area contributed by atoms with Crippen molar-refractivity contribution < 1.29 is 43.5 Å². The highest BCUT2D eigenvalue weighted by Crippen LogP contribution is 2.19. The Morgan fingerprint density at radius 3 is 2.19 bits per heavy atom. The van der Waals surface area contributed by atoms with Crippen LogP contribution in [-0.2, 0) is 57.6 Å². The first-order valence-electron chi connectivity index (χ1n) is 24.4. The number of nitrogens with zero attached hydrogens (tertiary/aromatic N) is 2. The number of carbonyl (C=O) groups excluding carboxylic acids is 8. The van der Waals surface area contributed by atoms with Gasteiger partial charge >= 0.3 is 0 Å². The molecule has 0 radical (unpaired) electrons. The number of guanidine groups is 1. The standard InChI is InChI=1S/C49H69N15O9/c1-3-4-14-34(58-28(2)65)43(68)60-36-17-18-41(66)54-21-19-37(46(71)62-38(42(50)67)23-30-25-56-33-15-9-8-13-32(30)33)61-44(69)35(16-10-20-55-49(51)52)59-47(72)39(22-29-11-6-5-7-12-29)63-48(73)40(64-45(36)70)24-31-26-53-27-57-31/h5-9,11-13,15,25-28,34-40,56,58,65H,3-4,10,14,16-24H2,1-2H3,(H2,50,67)(H,53,57)(H,54,66)(H,59,72)(H,60,68)(H,61,69)(H,62,71)(H,63,73)(H,64,70)(H4,51,52,55). The van der Waals surface area contributed by atoms with Crippen LogP contribution >= 0.6 is 0 Å². The fourth-order valence-corrected chi connectivity index (χ4v) is 8.28. The van der Waals surface area contributed by atoms with E-state index in [0.29, 0.717) is 29.7 Å². The molecule has 8 atom stereocenters. The quantitative estimate of drug-likeness (QED) is 0.0201. The molecule has 1 saturated heterocycles. The van der Waals surface area contributed by atoms with Crippen LogP contribution in [0.5, 0.6) is 0 Å². The lowest BCUT2D eigenvalue weighted by atomic mass is 10.0. The van der Waals surface area contributed by atoms with E-state index < -0.39 is 95.8 Å². The van der Waals surface area contributed by atoms with E-state index >= 15 is 0 Å². The molecule has 5 rings (SSSR count). The van der Waals surface area contributed by atoms with Gasteiger partial charge < -0.3 is 69.5 Å². The van der Waals surface area contributed by atoms with E-state index in [4.69, 9.17) is 17.2 Å². The first-order chi connectivity index (χ1) is 35.0. The van der Waals surface area contributed by atoms with Crippen molar-refractivity contribution in [3.8, 4) is 0 Å². The van der Waals surface area contributed by atoms with Crippen molar-refractivity contribution in [1.29, 1.82) is 0 Å². The van der Waals surface area contributed by atoms with Crippen LogP contribution in [0.25, 0.3) is 10.9 Å². The van der Waals surface area contributed by atoms with Gasteiger partial charge in [-0.3, -0.25) is 48.7 Å². The lowest BCUT2D eigenvalue weighted by molar-refractivity contribution is -0.135. The largest absolute Gasteiger partial charge is 0.379 e. The Balaban J connectivity index is 1.52. The van der Waals surface area contributed by atoms with E-state index in [1.54, 1.807) is 36.5 Å². The Morgan fingerprint density at radius 1 is 0.822 bits per heavy atom. The molecular weight excluding hydrogens is 943 g/mol. The molecule has 2 aromatic heterocycles. The number of unbranched alkanes of at least 4 members (excludes halogenated alkanes) is 1. The molecule has 394 valence electrons. The van der Waals surface area contributed by atoms with Gasteiger partial charge in [-0.05, 0) is 56.2 Å². The SMILES string of the molecule is CCCCC(NC(C)O)C(=O)NC1CCC(=O)NCCC(C(=O)NC(Cc2c[nH]c3ccccc23)C(N)=O)NC(=O)C(CCCN=C(N)N)NC(=O)C(Cc2ccccc2)NC(=O)C(Cc2cnc[nH]2)NC1=O. The van der Waals surface area contributed by atoms with Gasteiger partial charge in [0.15, 0.2) is 5.96 Å². The second kappa shape index (κ2) is 28.2. The van der Waals surface area contributed by atoms with E-state index in [2.05, 4.69) is 62.5 Å². The fourth-order valence-electron chi connectivity index (χ4n) is 8.28. The number of nitrogens with two attached hydrogens (primary N) is 3. The molecule has 0 aliphatic carbocycles. The minimum absolute atomic E-state index is 0.0110. The van der Waals surface area contributed by atoms with Crippen LogP contribution in [-0.4, -0.2) is 135 Å². The van der Waals surface area contributed by atoms with Crippen LogP contribution in [0.2, 0.25) is 0 Å². The molecule has 4 aromatic rings. The van der Waals surface area contributed by atoms with E-state index in [9.17, 15) is 43.5 Å². The van der Waals surface area contributed by atoms with Crippen molar-refractivity contribution in [2.24, 2.45) is 22.2 Å². The van der Waals surface area contributed by atoms with Crippen molar-refractivity contribution in [2.45, 2.75) is 133 Å². The van der Waals surface area contributed by atoms with E-state index in [1.807, 2.05) is 31.2 Å². The van der Waals surface area contributed by atoms with Crippen molar-refractivity contribution in [1.82, 2.24) is 57.5 Å². The Kier molecular flexibility index (Phi) is 21.7. The third kappa shape index (κ3) is 18.0. The van der Waals surface area contributed by atoms with E-state index in [0.717, 1.165) is 17.3 Å². The van der Waals surface area contributed by atoms with Crippen LogP contribution in [0.1, 0.15) is 82.0 Å². The summed E-state index contributed by atoms with van der Waals surface area (Å²) in [7, 11) is 0. The molecule has 3 heterocycles.